The minimum Gasteiger partial charge on any atom is -0.462 e. The first-order valence-electron chi connectivity index (χ1n) is 32.4. The molecule has 77 heavy (non-hydrogen) atoms. The van der Waals surface area contributed by atoms with Crippen LogP contribution < -0.4 is 0 Å². The fraction of sp³-hybridized carbons (Fsp3) is 0.704. The molecule has 0 radical (unpaired) electrons. The van der Waals surface area contributed by atoms with Gasteiger partial charge in [0.25, 0.3) is 0 Å². The first-order chi connectivity index (χ1) is 38.0. The van der Waals surface area contributed by atoms with Crippen LogP contribution in [0.2, 0.25) is 0 Å². The van der Waals surface area contributed by atoms with E-state index in [1.165, 1.54) is 154 Å². The number of carbonyl (C=O) groups is 3. The summed E-state index contributed by atoms with van der Waals surface area (Å²) in [6, 6.07) is 0. The Bertz CT molecular complexity index is 1560. The predicted octanol–water partition coefficient (Wildman–Crippen LogP) is 22.2. The van der Waals surface area contributed by atoms with Crippen LogP contribution in [0, 0.1) is 0 Å². The second-order valence-electron chi connectivity index (χ2n) is 21.3. The lowest BCUT2D eigenvalue weighted by Gasteiger charge is -2.18. The zero-order valence-electron chi connectivity index (χ0n) is 50.4. The van der Waals surface area contributed by atoms with Gasteiger partial charge in [-0.15, -0.1) is 0 Å². The average molecular weight is 1070 g/mol. The van der Waals surface area contributed by atoms with Gasteiger partial charge in [0.15, 0.2) is 6.10 Å². The Morgan fingerprint density at radius 2 is 0.532 bits per heavy atom. The maximum atomic E-state index is 12.9. The van der Waals surface area contributed by atoms with E-state index in [4.69, 9.17) is 14.2 Å². The first kappa shape index (κ1) is 73.1. The van der Waals surface area contributed by atoms with E-state index in [1.54, 1.807) is 0 Å². The molecule has 0 aliphatic carbocycles. The van der Waals surface area contributed by atoms with Gasteiger partial charge in [0, 0.05) is 19.3 Å². The Balaban J connectivity index is 4.33. The molecule has 0 aromatic rings. The highest BCUT2D eigenvalue weighted by Gasteiger charge is 2.19. The standard InChI is InChI=1S/C71H120O6/c1-4-7-10-13-16-19-22-25-27-29-31-32-33-34-35-36-37-38-40-41-43-46-49-52-55-58-61-64-70(73)76-67-68(66-75-69(72)63-60-57-54-51-48-45-24-21-18-15-12-9-6-3)77-71(74)65-62-59-56-53-50-47-44-42-39-30-28-26-23-20-17-14-11-8-5-2/h8-9,11-12,17-18,20-21,26,28,39,42,45,47-48,50,54,57,68H,4-7,10,13-16,19,22-25,27,29-38,40-41,43-44,46,49,51-53,55-56,58-67H2,1-3H3/b11-8-,12-9-,20-17-,21-18-,28-26-,42-39-,48-45-,50-47-,57-54-. The smallest absolute Gasteiger partial charge is 0.306 e. The summed E-state index contributed by atoms with van der Waals surface area (Å²) in [6.45, 7) is 6.35. The van der Waals surface area contributed by atoms with Crippen molar-refractivity contribution in [3.8, 4) is 0 Å². The molecule has 0 spiro atoms. The van der Waals surface area contributed by atoms with E-state index in [0.717, 1.165) is 96.3 Å². The summed E-state index contributed by atoms with van der Waals surface area (Å²) in [4.78, 5) is 38.2. The normalized spacial score (nSPS) is 12.8. The molecule has 0 amide bonds. The van der Waals surface area contributed by atoms with Crippen LogP contribution >= 0.6 is 0 Å². The van der Waals surface area contributed by atoms with Crippen LogP contribution in [0.1, 0.15) is 303 Å². The number of esters is 3. The molecule has 0 aliphatic rings. The second kappa shape index (κ2) is 64.6. The molecule has 0 bridgehead atoms. The van der Waals surface area contributed by atoms with Crippen molar-refractivity contribution in [2.45, 2.75) is 309 Å². The molecule has 0 aliphatic heterocycles. The Hall–Kier alpha value is -3.93. The van der Waals surface area contributed by atoms with Crippen molar-refractivity contribution in [3.63, 3.8) is 0 Å². The maximum absolute atomic E-state index is 12.9. The van der Waals surface area contributed by atoms with Crippen LogP contribution in [0.25, 0.3) is 0 Å². The van der Waals surface area contributed by atoms with E-state index < -0.39 is 6.10 Å². The van der Waals surface area contributed by atoms with Crippen molar-refractivity contribution in [1.82, 2.24) is 0 Å². The monoisotopic (exact) mass is 1070 g/mol. The highest BCUT2D eigenvalue weighted by atomic mass is 16.6. The third kappa shape index (κ3) is 62.8. The number of hydrogen-bond acceptors (Lipinski definition) is 6. The number of unbranched alkanes of at least 4 members (excludes halogenated alkanes) is 29. The van der Waals surface area contributed by atoms with Gasteiger partial charge in [-0.05, 0) is 89.9 Å². The van der Waals surface area contributed by atoms with E-state index in [0.29, 0.717) is 19.3 Å². The highest BCUT2D eigenvalue weighted by Crippen LogP contribution is 2.17. The van der Waals surface area contributed by atoms with Gasteiger partial charge in [-0.1, -0.05) is 304 Å². The molecule has 0 rings (SSSR count). The number of carbonyl (C=O) groups excluding carboxylic acids is 3. The summed E-state index contributed by atoms with van der Waals surface area (Å²) >= 11 is 0. The van der Waals surface area contributed by atoms with Crippen molar-refractivity contribution in [3.05, 3.63) is 109 Å². The van der Waals surface area contributed by atoms with Crippen LogP contribution in [-0.4, -0.2) is 37.2 Å². The van der Waals surface area contributed by atoms with Crippen LogP contribution in [0.15, 0.2) is 109 Å². The van der Waals surface area contributed by atoms with E-state index in [9.17, 15) is 14.4 Å². The predicted molar refractivity (Wildman–Crippen MR) is 334 cm³/mol. The molecule has 6 nitrogen and oxygen atoms in total. The molecule has 0 saturated heterocycles. The third-order valence-corrected chi connectivity index (χ3v) is 13.8. The summed E-state index contributed by atoms with van der Waals surface area (Å²) in [5.41, 5.74) is 0. The van der Waals surface area contributed by atoms with Gasteiger partial charge in [-0.3, -0.25) is 14.4 Å². The van der Waals surface area contributed by atoms with Crippen molar-refractivity contribution < 1.29 is 28.6 Å². The number of allylic oxidation sites excluding steroid dienone is 18. The van der Waals surface area contributed by atoms with E-state index >= 15 is 0 Å². The summed E-state index contributed by atoms with van der Waals surface area (Å²) < 4.78 is 16.8. The molecule has 0 N–H and O–H groups in total. The number of rotatable bonds is 58. The molecule has 0 heterocycles. The van der Waals surface area contributed by atoms with Gasteiger partial charge >= 0.3 is 17.9 Å². The van der Waals surface area contributed by atoms with Gasteiger partial charge in [0.2, 0.25) is 0 Å². The molecule has 440 valence electrons. The number of ether oxygens (including phenoxy) is 3. The number of hydrogen-bond donors (Lipinski definition) is 0. The Labute approximate surface area is 476 Å². The molecule has 1 atom stereocenters. The molecule has 1 unspecified atom stereocenters. The Morgan fingerprint density at radius 1 is 0.273 bits per heavy atom. The van der Waals surface area contributed by atoms with Crippen molar-refractivity contribution in [2.24, 2.45) is 0 Å². The zero-order valence-corrected chi connectivity index (χ0v) is 50.4. The lowest BCUT2D eigenvalue weighted by molar-refractivity contribution is -0.166. The molecular formula is C71H120O6. The zero-order chi connectivity index (χ0) is 55.7. The van der Waals surface area contributed by atoms with Gasteiger partial charge in [0.1, 0.15) is 13.2 Å². The topological polar surface area (TPSA) is 78.9 Å². The summed E-state index contributed by atoms with van der Waals surface area (Å²) in [6.07, 6.45) is 88.5. The lowest BCUT2D eigenvalue weighted by atomic mass is 10.0. The van der Waals surface area contributed by atoms with E-state index in [-0.39, 0.29) is 44.0 Å². The van der Waals surface area contributed by atoms with Gasteiger partial charge < -0.3 is 14.2 Å². The fourth-order valence-corrected chi connectivity index (χ4v) is 9.01. The highest BCUT2D eigenvalue weighted by molar-refractivity contribution is 5.71. The van der Waals surface area contributed by atoms with Crippen molar-refractivity contribution >= 4 is 17.9 Å². The molecule has 0 fully saturated rings. The summed E-state index contributed by atoms with van der Waals surface area (Å²) in [7, 11) is 0. The fourth-order valence-electron chi connectivity index (χ4n) is 9.01. The van der Waals surface area contributed by atoms with Crippen LogP contribution in [-0.2, 0) is 28.6 Å². The van der Waals surface area contributed by atoms with E-state index in [1.807, 2.05) is 6.08 Å². The van der Waals surface area contributed by atoms with Crippen molar-refractivity contribution in [2.75, 3.05) is 13.2 Å². The minimum atomic E-state index is -0.826. The SMILES string of the molecule is CC/C=C\C/C=C\C/C=C\C/C=C\C/C=C\CCCCCC(=O)OC(COC(=O)CC/C=C\C/C=C\C/C=C\C/C=C\CC)COC(=O)CCCCCCCCCCCCCCCCCCCCCCCCCCCCC. The third-order valence-electron chi connectivity index (χ3n) is 13.8. The van der Waals surface area contributed by atoms with Gasteiger partial charge in [0.05, 0.1) is 0 Å². The quantitative estimate of drug-likeness (QED) is 0.0261. The van der Waals surface area contributed by atoms with E-state index in [2.05, 4.69) is 124 Å². The molecule has 0 aromatic heterocycles. The first-order valence-corrected chi connectivity index (χ1v) is 32.4. The molecular weight excluding hydrogens is 949 g/mol. The minimum absolute atomic E-state index is 0.113. The molecule has 6 heteroatoms. The lowest BCUT2D eigenvalue weighted by Crippen LogP contribution is -2.30. The summed E-state index contributed by atoms with van der Waals surface area (Å²) in [5.74, 6) is -1.02. The summed E-state index contributed by atoms with van der Waals surface area (Å²) in [5, 5.41) is 0. The molecule has 0 aromatic carbocycles. The Kier molecular flexibility index (Phi) is 61.3. The van der Waals surface area contributed by atoms with Crippen LogP contribution in [0.3, 0.4) is 0 Å². The van der Waals surface area contributed by atoms with Crippen LogP contribution in [0.4, 0.5) is 0 Å². The maximum Gasteiger partial charge on any atom is 0.306 e. The van der Waals surface area contributed by atoms with Crippen molar-refractivity contribution in [1.29, 1.82) is 0 Å². The van der Waals surface area contributed by atoms with Gasteiger partial charge in [-0.2, -0.15) is 0 Å². The van der Waals surface area contributed by atoms with Gasteiger partial charge in [-0.25, -0.2) is 0 Å². The second-order valence-corrected chi connectivity index (χ2v) is 21.3. The largest absolute Gasteiger partial charge is 0.462 e. The Morgan fingerprint density at radius 3 is 0.870 bits per heavy atom. The van der Waals surface area contributed by atoms with Crippen LogP contribution in [0.5, 0.6) is 0 Å². The molecule has 0 saturated carbocycles. The average Bonchev–Trinajstić information content (AvgIpc) is 3.43.